The number of benzene rings is 1. The summed E-state index contributed by atoms with van der Waals surface area (Å²) < 4.78 is 3.48. The molecule has 146 valence electrons. The van der Waals surface area contributed by atoms with Crippen molar-refractivity contribution in [3.63, 3.8) is 0 Å². The SMILES string of the molecule is CCn1c(C)ccc(C(=O)NCc2cccnc2-n2cnc3ccccc32)c1=O. The molecule has 0 spiro atoms. The third kappa shape index (κ3) is 3.42. The Balaban J connectivity index is 1.62. The molecular weight excluding hydrogens is 366 g/mol. The number of hydrogen-bond acceptors (Lipinski definition) is 4. The van der Waals surface area contributed by atoms with Crippen LogP contribution in [0.2, 0.25) is 0 Å². The first-order chi connectivity index (χ1) is 14.1. The number of carbonyl (C=O) groups is 1. The van der Waals surface area contributed by atoms with Crippen molar-refractivity contribution < 1.29 is 4.79 Å². The van der Waals surface area contributed by atoms with Gasteiger partial charge in [-0.1, -0.05) is 18.2 Å². The Morgan fingerprint density at radius 3 is 2.72 bits per heavy atom. The molecule has 0 saturated heterocycles. The van der Waals surface area contributed by atoms with Crippen LogP contribution < -0.4 is 10.9 Å². The van der Waals surface area contributed by atoms with Gasteiger partial charge in [0.2, 0.25) is 0 Å². The molecule has 1 aromatic carbocycles. The zero-order chi connectivity index (χ0) is 20.4. The number of nitrogens with one attached hydrogen (secondary N) is 1. The standard InChI is InChI=1S/C22H21N5O2/c1-3-26-15(2)10-11-17(22(26)29)21(28)24-13-16-7-6-12-23-20(16)27-14-25-18-8-4-5-9-19(18)27/h4-12,14H,3,13H2,1-2H3,(H,24,28). The van der Waals surface area contributed by atoms with Crippen LogP contribution in [0.15, 0.2) is 65.8 Å². The van der Waals surface area contributed by atoms with Gasteiger partial charge in [0.1, 0.15) is 17.7 Å². The molecule has 4 rings (SSSR count). The fraction of sp³-hybridized carbons (Fsp3) is 0.182. The highest BCUT2D eigenvalue weighted by Crippen LogP contribution is 2.19. The van der Waals surface area contributed by atoms with Crippen LogP contribution in [0.4, 0.5) is 0 Å². The van der Waals surface area contributed by atoms with E-state index >= 15 is 0 Å². The summed E-state index contributed by atoms with van der Waals surface area (Å²) in [6.45, 7) is 4.50. The van der Waals surface area contributed by atoms with E-state index in [-0.39, 0.29) is 17.7 Å². The summed E-state index contributed by atoms with van der Waals surface area (Å²) in [7, 11) is 0. The molecular formula is C22H21N5O2. The highest BCUT2D eigenvalue weighted by atomic mass is 16.2. The molecule has 0 aliphatic heterocycles. The summed E-state index contributed by atoms with van der Waals surface area (Å²) in [6.07, 6.45) is 3.42. The van der Waals surface area contributed by atoms with Crippen molar-refractivity contribution in [2.24, 2.45) is 0 Å². The molecule has 1 N–H and O–H groups in total. The van der Waals surface area contributed by atoms with E-state index in [0.29, 0.717) is 12.4 Å². The van der Waals surface area contributed by atoms with Gasteiger partial charge < -0.3 is 9.88 Å². The van der Waals surface area contributed by atoms with E-state index in [2.05, 4.69) is 15.3 Å². The maximum absolute atomic E-state index is 12.7. The summed E-state index contributed by atoms with van der Waals surface area (Å²) in [5, 5.41) is 2.85. The van der Waals surface area contributed by atoms with Gasteiger partial charge in [-0.2, -0.15) is 0 Å². The maximum atomic E-state index is 12.7. The van der Waals surface area contributed by atoms with Gasteiger partial charge in [-0.3, -0.25) is 14.2 Å². The summed E-state index contributed by atoms with van der Waals surface area (Å²) in [4.78, 5) is 34.1. The molecule has 0 fully saturated rings. The highest BCUT2D eigenvalue weighted by Gasteiger charge is 2.15. The van der Waals surface area contributed by atoms with Crippen molar-refractivity contribution in [1.29, 1.82) is 0 Å². The van der Waals surface area contributed by atoms with Crippen molar-refractivity contribution in [2.45, 2.75) is 26.9 Å². The number of nitrogens with zero attached hydrogens (tertiary/aromatic N) is 4. The van der Waals surface area contributed by atoms with Crippen LogP contribution in [0, 0.1) is 6.92 Å². The number of aryl methyl sites for hydroxylation is 1. The van der Waals surface area contributed by atoms with Crippen molar-refractivity contribution in [2.75, 3.05) is 0 Å². The lowest BCUT2D eigenvalue weighted by Crippen LogP contribution is -2.33. The number of para-hydroxylation sites is 2. The maximum Gasteiger partial charge on any atom is 0.263 e. The molecule has 0 unspecified atom stereocenters. The van der Waals surface area contributed by atoms with Gasteiger partial charge in [-0.05, 0) is 44.2 Å². The second-order valence-electron chi connectivity index (χ2n) is 6.71. The van der Waals surface area contributed by atoms with Crippen molar-refractivity contribution >= 4 is 16.9 Å². The first kappa shape index (κ1) is 18.6. The Labute approximate surface area is 167 Å². The predicted octanol–water partition coefficient (Wildman–Crippen LogP) is 2.84. The summed E-state index contributed by atoms with van der Waals surface area (Å²) >= 11 is 0. The largest absolute Gasteiger partial charge is 0.348 e. The molecule has 0 bridgehead atoms. The third-order valence-electron chi connectivity index (χ3n) is 4.94. The van der Waals surface area contributed by atoms with Crippen LogP contribution in [0.5, 0.6) is 0 Å². The number of rotatable bonds is 5. The molecule has 7 nitrogen and oxygen atoms in total. The van der Waals surface area contributed by atoms with E-state index in [4.69, 9.17) is 0 Å². The number of pyridine rings is 2. The molecule has 1 amide bonds. The normalized spacial score (nSPS) is 11.0. The Kier molecular flexibility index (Phi) is 4.95. The van der Waals surface area contributed by atoms with Crippen LogP contribution in [-0.4, -0.2) is 25.0 Å². The zero-order valence-electron chi connectivity index (χ0n) is 16.3. The molecule has 0 aliphatic rings. The van der Waals surface area contributed by atoms with Gasteiger partial charge in [0, 0.05) is 30.5 Å². The fourth-order valence-corrected chi connectivity index (χ4v) is 3.42. The lowest BCUT2D eigenvalue weighted by Gasteiger charge is -2.12. The fourth-order valence-electron chi connectivity index (χ4n) is 3.42. The van der Waals surface area contributed by atoms with E-state index in [1.807, 2.05) is 54.8 Å². The van der Waals surface area contributed by atoms with E-state index in [1.54, 1.807) is 29.2 Å². The number of hydrogen-bond donors (Lipinski definition) is 1. The molecule has 7 heteroatoms. The quantitative estimate of drug-likeness (QED) is 0.571. The van der Waals surface area contributed by atoms with Crippen LogP contribution in [-0.2, 0) is 13.1 Å². The van der Waals surface area contributed by atoms with Crippen molar-refractivity contribution in [1.82, 2.24) is 24.4 Å². The molecule has 29 heavy (non-hydrogen) atoms. The van der Waals surface area contributed by atoms with Crippen LogP contribution in [0.3, 0.4) is 0 Å². The van der Waals surface area contributed by atoms with Crippen molar-refractivity contribution in [3.05, 3.63) is 88.2 Å². The van der Waals surface area contributed by atoms with Gasteiger partial charge in [-0.25, -0.2) is 9.97 Å². The first-order valence-corrected chi connectivity index (χ1v) is 9.45. The average molecular weight is 387 g/mol. The smallest absolute Gasteiger partial charge is 0.263 e. The molecule has 0 radical (unpaired) electrons. The monoisotopic (exact) mass is 387 g/mol. The summed E-state index contributed by atoms with van der Waals surface area (Å²) in [6, 6.07) is 14.9. The minimum Gasteiger partial charge on any atom is -0.348 e. The lowest BCUT2D eigenvalue weighted by molar-refractivity contribution is 0.0948. The zero-order valence-corrected chi connectivity index (χ0v) is 16.3. The summed E-state index contributed by atoms with van der Waals surface area (Å²) in [5.41, 5.74) is 3.31. The number of carbonyl (C=O) groups excluding carboxylic acids is 1. The number of imidazole rings is 1. The number of aromatic nitrogens is 4. The molecule has 3 heterocycles. The van der Waals surface area contributed by atoms with Crippen molar-refractivity contribution in [3.8, 4) is 5.82 Å². The molecule has 4 aromatic rings. The van der Waals surface area contributed by atoms with Crippen LogP contribution in [0.25, 0.3) is 16.9 Å². The minimum atomic E-state index is -0.400. The van der Waals surface area contributed by atoms with Gasteiger partial charge >= 0.3 is 0 Å². The predicted molar refractivity (Wildman–Crippen MR) is 111 cm³/mol. The van der Waals surface area contributed by atoms with E-state index in [1.165, 1.54) is 0 Å². The molecule has 0 atom stereocenters. The minimum absolute atomic E-state index is 0.135. The van der Waals surface area contributed by atoms with E-state index < -0.39 is 5.91 Å². The van der Waals surface area contributed by atoms with E-state index in [0.717, 1.165) is 22.3 Å². The van der Waals surface area contributed by atoms with Gasteiger partial charge in [0.05, 0.1) is 11.0 Å². The second kappa shape index (κ2) is 7.71. The molecule has 0 saturated carbocycles. The first-order valence-electron chi connectivity index (χ1n) is 9.45. The Morgan fingerprint density at radius 2 is 1.90 bits per heavy atom. The topological polar surface area (TPSA) is 81.8 Å². The Morgan fingerprint density at radius 1 is 1.07 bits per heavy atom. The Hall–Kier alpha value is -3.74. The lowest BCUT2D eigenvalue weighted by atomic mass is 10.2. The van der Waals surface area contributed by atoms with Gasteiger partial charge in [0.15, 0.2) is 0 Å². The Bertz CT molecular complexity index is 1260. The van der Waals surface area contributed by atoms with E-state index in [9.17, 15) is 9.59 Å². The van der Waals surface area contributed by atoms with Gasteiger partial charge in [-0.15, -0.1) is 0 Å². The summed E-state index contributed by atoms with van der Waals surface area (Å²) in [5.74, 6) is 0.291. The van der Waals surface area contributed by atoms with Crippen LogP contribution >= 0.6 is 0 Å². The average Bonchev–Trinajstić information content (AvgIpc) is 3.16. The van der Waals surface area contributed by atoms with Crippen LogP contribution in [0.1, 0.15) is 28.5 Å². The molecule has 3 aromatic heterocycles. The van der Waals surface area contributed by atoms with Gasteiger partial charge in [0.25, 0.3) is 11.5 Å². The highest BCUT2D eigenvalue weighted by molar-refractivity contribution is 5.93. The third-order valence-corrected chi connectivity index (χ3v) is 4.94. The number of amides is 1. The molecule has 0 aliphatic carbocycles. The number of fused-ring (bicyclic) bond motifs is 1. The second-order valence-corrected chi connectivity index (χ2v) is 6.71.